The van der Waals surface area contributed by atoms with Gasteiger partial charge in [0.05, 0.1) is 23.7 Å². The number of rotatable bonds is 8. The second-order valence-electron chi connectivity index (χ2n) is 6.75. The van der Waals surface area contributed by atoms with Crippen LogP contribution in [0.3, 0.4) is 0 Å². The number of carbonyl (C=O) groups is 1. The minimum Gasteiger partial charge on any atom is -0.493 e. The van der Waals surface area contributed by atoms with E-state index in [9.17, 15) is 17.6 Å². The predicted molar refractivity (Wildman–Crippen MR) is 106 cm³/mol. The Hall–Kier alpha value is -2.45. The summed E-state index contributed by atoms with van der Waals surface area (Å²) in [6, 6.07) is 11.8. The van der Waals surface area contributed by atoms with E-state index in [2.05, 4.69) is 0 Å². The lowest BCUT2D eigenvalue weighted by Gasteiger charge is -2.26. The largest absolute Gasteiger partial charge is 0.493 e. The van der Waals surface area contributed by atoms with Gasteiger partial charge in [-0.1, -0.05) is 18.6 Å². The Morgan fingerprint density at radius 2 is 1.66 bits per heavy atom. The average Bonchev–Trinajstić information content (AvgIpc) is 2.75. The lowest BCUT2D eigenvalue weighted by atomic mass is 10.2. The fourth-order valence-corrected chi connectivity index (χ4v) is 4.82. The van der Waals surface area contributed by atoms with E-state index < -0.39 is 16.0 Å². The molecule has 1 aliphatic heterocycles. The third kappa shape index (κ3) is 5.55. The second-order valence-corrected chi connectivity index (χ2v) is 8.66. The van der Waals surface area contributed by atoms with Crippen LogP contribution in [0.25, 0.3) is 0 Å². The van der Waals surface area contributed by atoms with Crippen molar-refractivity contribution in [2.45, 2.75) is 30.6 Å². The third-order valence-corrected chi connectivity index (χ3v) is 6.60. The standard InChI is InChI=1S/C21H24FNO5S/c22-17-9-11-18(12-10-17)27-15-6-16-28-21(24)19-7-2-3-8-20(19)29(25,26)23-13-4-1-5-14-23/h2-3,7-12H,1,4-6,13-16H2. The van der Waals surface area contributed by atoms with Gasteiger partial charge < -0.3 is 9.47 Å². The van der Waals surface area contributed by atoms with Crippen molar-refractivity contribution in [2.24, 2.45) is 0 Å². The van der Waals surface area contributed by atoms with Crippen LogP contribution >= 0.6 is 0 Å². The lowest BCUT2D eigenvalue weighted by molar-refractivity contribution is 0.0481. The fourth-order valence-electron chi connectivity index (χ4n) is 3.13. The zero-order chi connectivity index (χ0) is 20.7. The van der Waals surface area contributed by atoms with Gasteiger partial charge in [-0.3, -0.25) is 0 Å². The molecule has 0 unspecified atom stereocenters. The van der Waals surface area contributed by atoms with E-state index >= 15 is 0 Å². The minimum atomic E-state index is -3.74. The molecular formula is C21H24FNO5S. The second kappa shape index (κ2) is 9.84. The van der Waals surface area contributed by atoms with Crippen molar-refractivity contribution in [1.82, 2.24) is 4.31 Å². The first-order valence-electron chi connectivity index (χ1n) is 9.63. The molecule has 6 nitrogen and oxygen atoms in total. The Kier molecular flexibility index (Phi) is 7.22. The Balaban J connectivity index is 1.56. The van der Waals surface area contributed by atoms with E-state index in [0.717, 1.165) is 19.3 Å². The molecule has 1 saturated heterocycles. The molecule has 156 valence electrons. The summed E-state index contributed by atoms with van der Waals surface area (Å²) < 4.78 is 50.9. The lowest BCUT2D eigenvalue weighted by Crippen LogP contribution is -2.36. The summed E-state index contributed by atoms with van der Waals surface area (Å²) in [5.41, 5.74) is 0.0394. The Morgan fingerprint density at radius 1 is 0.966 bits per heavy atom. The maximum Gasteiger partial charge on any atom is 0.339 e. The number of nitrogens with zero attached hydrogens (tertiary/aromatic N) is 1. The van der Waals surface area contributed by atoms with E-state index in [-0.39, 0.29) is 29.5 Å². The van der Waals surface area contributed by atoms with Gasteiger partial charge in [0.15, 0.2) is 0 Å². The minimum absolute atomic E-state index is 0.0190. The van der Waals surface area contributed by atoms with Crippen molar-refractivity contribution >= 4 is 16.0 Å². The van der Waals surface area contributed by atoms with Crippen molar-refractivity contribution in [3.63, 3.8) is 0 Å². The van der Waals surface area contributed by atoms with Gasteiger partial charge in [0.25, 0.3) is 0 Å². The van der Waals surface area contributed by atoms with Gasteiger partial charge in [0, 0.05) is 19.5 Å². The number of hydrogen-bond acceptors (Lipinski definition) is 5. The van der Waals surface area contributed by atoms with Gasteiger partial charge >= 0.3 is 5.97 Å². The first-order valence-corrected chi connectivity index (χ1v) is 11.1. The van der Waals surface area contributed by atoms with Crippen LogP contribution in [0.2, 0.25) is 0 Å². The highest BCUT2D eigenvalue weighted by Gasteiger charge is 2.30. The molecule has 0 atom stereocenters. The molecule has 0 aliphatic carbocycles. The maximum absolute atomic E-state index is 12.9. The molecule has 1 heterocycles. The van der Waals surface area contributed by atoms with E-state index in [1.807, 2.05) is 0 Å². The zero-order valence-electron chi connectivity index (χ0n) is 16.1. The molecule has 0 amide bonds. The summed E-state index contributed by atoms with van der Waals surface area (Å²) in [7, 11) is -3.74. The molecular weight excluding hydrogens is 397 g/mol. The first-order chi connectivity index (χ1) is 14.0. The highest BCUT2D eigenvalue weighted by Crippen LogP contribution is 2.24. The van der Waals surface area contributed by atoms with Crippen LogP contribution in [-0.4, -0.2) is 45.0 Å². The summed E-state index contributed by atoms with van der Waals surface area (Å²) in [6.45, 7) is 1.30. The predicted octanol–water partition coefficient (Wildman–Crippen LogP) is 3.63. The van der Waals surface area contributed by atoms with Crippen LogP contribution in [0, 0.1) is 5.82 Å². The van der Waals surface area contributed by atoms with Crippen molar-refractivity contribution < 1.29 is 27.1 Å². The highest BCUT2D eigenvalue weighted by atomic mass is 32.2. The van der Waals surface area contributed by atoms with Gasteiger partial charge in [-0.05, 0) is 49.2 Å². The van der Waals surface area contributed by atoms with Crippen LogP contribution in [0.5, 0.6) is 5.75 Å². The van der Waals surface area contributed by atoms with E-state index in [1.54, 1.807) is 12.1 Å². The number of benzene rings is 2. The molecule has 0 radical (unpaired) electrons. The molecule has 0 bridgehead atoms. The van der Waals surface area contributed by atoms with Gasteiger partial charge in [-0.25, -0.2) is 17.6 Å². The van der Waals surface area contributed by atoms with Crippen molar-refractivity contribution in [1.29, 1.82) is 0 Å². The molecule has 29 heavy (non-hydrogen) atoms. The SMILES string of the molecule is O=C(OCCCOc1ccc(F)cc1)c1ccccc1S(=O)(=O)N1CCCCC1. The molecule has 1 aliphatic rings. The maximum atomic E-state index is 12.9. The summed E-state index contributed by atoms with van der Waals surface area (Å²) in [5, 5.41) is 0. The first kappa shape index (κ1) is 21.3. The molecule has 0 spiro atoms. The Labute approximate surface area is 170 Å². The van der Waals surface area contributed by atoms with Crippen LogP contribution < -0.4 is 4.74 Å². The Morgan fingerprint density at radius 3 is 2.38 bits per heavy atom. The topological polar surface area (TPSA) is 72.9 Å². The normalized spacial score (nSPS) is 15.1. The van der Waals surface area contributed by atoms with E-state index in [0.29, 0.717) is 25.3 Å². The molecule has 0 aromatic heterocycles. The number of esters is 1. The van der Waals surface area contributed by atoms with Gasteiger partial charge in [-0.15, -0.1) is 0 Å². The number of carbonyl (C=O) groups excluding carboxylic acids is 1. The molecule has 0 N–H and O–H groups in total. The number of halogens is 1. The van der Waals surface area contributed by atoms with Crippen LogP contribution in [-0.2, 0) is 14.8 Å². The highest BCUT2D eigenvalue weighted by molar-refractivity contribution is 7.89. The molecule has 3 rings (SSSR count). The number of piperidine rings is 1. The van der Waals surface area contributed by atoms with Gasteiger partial charge in [0.2, 0.25) is 10.0 Å². The van der Waals surface area contributed by atoms with Crippen LogP contribution in [0.4, 0.5) is 4.39 Å². The summed E-state index contributed by atoms with van der Waals surface area (Å²) in [6.07, 6.45) is 3.07. The third-order valence-electron chi connectivity index (χ3n) is 4.64. The Bertz CT molecular complexity index is 924. The molecule has 8 heteroatoms. The van der Waals surface area contributed by atoms with Crippen molar-refractivity contribution in [3.8, 4) is 5.75 Å². The average molecular weight is 421 g/mol. The van der Waals surface area contributed by atoms with Gasteiger partial charge in [-0.2, -0.15) is 4.31 Å². The number of sulfonamides is 1. The molecule has 0 saturated carbocycles. The number of hydrogen-bond donors (Lipinski definition) is 0. The fraction of sp³-hybridized carbons (Fsp3) is 0.381. The van der Waals surface area contributed by atoms with Gasteiger partial charge in [0.1, 0.15) is 11.6 Å². The van der Waals surface area contributed by atoms with E-state index in [4.69, 9.17) is 9.47 Å². The van der Waals surface area contributed by atoms with Crippen molar-refractivity contribution in [2.75, 3.05) is 26.3 Å². The monoisotopic (exact) mass is 421 g/mol. The number of ether oxygens (including phenoxy) is 2. The molecule has 2 aromatic rings. The summed E-state index contributed by atoms with van der Waals surface area (Å²) in [4.78, 5) is 12.5. The smallest absolute Gasteiger partial charge is 0.339 e. The summed E-state index contributed by atoms with van der Waals surface area (Å²) in [5.74, 6) is -0.497. The van der Waals surface area contributed by atoms with Crippen LogP contribution in [0.15, 0.2) is 53.4 Å². The quantitative estimate of drug-likeness (QED) is 0.481. The zero-order valence-corrected chi connectivity index (χ0v) is 16.9. The molecule has 2 aromatic carbocycles. The van der Waals surface area contributed by atoms with Crippen LogP contribution in [0.1, 0.15) is 36.0 Å². The summed E-state index contributed by atoms with van der Waals surface area (Å²) >= 11 is 0. The van der Waals surface area contributed by atoms with Crippen molar-refractivity contribution in [3.05, 3.63) is 59.9 Å². The molecule has 1 fully saturated rings. The van der Waals surface area contributed by atoms with E-state index in [1.165, 1.54) is 40.7 Å².